The number of pyridine rings is 1. The molecule has 0 unspecified atom stereocenters. The molecular weight excluding hydrogens is 349 g/mol. The number of nitrogens with zero attached hydrogens (tertiary/aromatic N) is 2. The summed E-state index contributed by atoms with van der Waals surface area (Å²) in [6.45, 7) is 1.94. The van der Waals surface area contributed by atoms with Crippen molar-refractivity contribution in [2.45, 2.75) is 13.3 Å². The molecule has 0 saturated heterocycles. The summed E-state index contributed by atoms with van der Waals surface area (Å²) in [5, 5.41) is 3.69. The Morgan fingerprint density at radius 3 is 2.79 bits per heavy atom. The number of hydrogen-bond donors (Lipinski definition) is 1. The number of imidazole rings is 1. The van der Waals surface area contributed by atoms with Gasteiger partial charge in [-0.2, -0.15) is 0 Å². The molecule has 3 aromatic rings. The Morgan fingerprint density at radius 2 is 2.12 bits per heavy atom. The summed E-state index contributed by atoms with van der Waals surface area (Å²) >= 11 is 12.0. The average molecular weight is 364 g/mol. The average Bonchev–Trinajstić information content (AvgIpc) is 2.96. The van der Waals surface area contributed by atoms with Crippen LogP contribution in [0.25, 0.3) is 5.65 Å². The molecule has 24 heavy (non-hydrogen) atoms. The molecule has 0 spiro atoms. The molecule has 1 N–H and O–H groups in total. The zero-order valence-corrected chi connectivity index (χ0v) is 14.6. The molecule has 0 bridgehead atoms. The third-order valence-corrected chi connectivity index (χ3v) is 4.18. The normalized spacial score (nSPS) is 10.8. The van der Waals surface area contributed by atoms with E-state index in [1.54, 1.807) is 48.0 Å². The first-order chi connectivity index (χ1) is 11.5. The van der Waals surface area contributed by atoms with Crippen molar-refractivity contribution in [3.8, 4) is 5.75 Å². The fourth-order valence-electron chi connectivity index (χ4n) is 2.51. The molecule has 0 aliphatic carbocycles. The van der Waals surface area contributed by atoms with Crippen molar-refractivity contribution in [1.29, 1.82) is 0 Å². The first-order valence-electron chi connectivity index (χ1n) is 7.35. The number of carbonyl (C=O) groups is 1. The lowest BCUT2D eigenvalue weighted by Gasteiger charge is -2.09. The van der Waals surface area contributed by atoms with Gasteiger partial charge in [0.2, 0.25) is 0 Å². The fraction of sp³-hybridized carbons (Fsp3) is 0.176. The van der Waals surface area contributed by atoms with Crippen LogP contribution in [0, 0.1) is 0 Å². The van der Waals surface area contributed by atoms with E-state index in [9.17, 15) is 4.79 Å². The highest BCUT2D eigenvalue weighted by Gasteiger charge is 2.20. The summed E-state index contributed by atoms with van der Waals surface area (Å²) in [7, 11) is 1.57. The number of ether oxygens (including phenoxy) is 1. The maximum absolute atomic E-state index is 12.8. The summed E-state index contributed by atoms with van der Waals surface area (Å²) in [6.07, 6.45) is 2.39. The lowest BCUT2D eigenvalue weighted by Crippen LogP contribution is -2.16. The number of aryl methyl sites for hydroxylation is 1. The van der Waals surface area contributed by atoms with Crippen LogP contribution in [0.1, 0.15) is 23.1 Å². The number of amides is 1. The fourth-order valence-corrected chi connectivity index (χ4v) is 2.96. The number of benzene rings is 1. The smallest absolute Gasteiger partial charge is 0.274 e. The van der Waals surface area contributed by atoms with Crippen LogP contribution >= 0.6 is 23.2 Å². The topological polar surface area (TPSA) is 55.6 Å². The van der Waals surface area contributed by atoms with Crippen LogP contribution < -0.4 is 10.1 Å². The van der Waals surface area contributed by atoms with E-state index in [1.807, 2.05) is 6.92 Å². The van der Waals surface area contributed by atoms with E-state index in [-0.39, 0.29) is 5.91 Å². The van der Waals surface area contributed by atoms with Crippen molar-refractivity contribution in [3.63, 3.8) is 0 Å². The van der Waals surface area contributed by atoms with Crippen LogP contribution in [-0.2, 0) is 6.42 Å². The van der Waals surface area contributed by atoms with Gasteiger partial charge in [-0.3, -0.25) is 9.20 Å². The largest absolute Gasteiger partial charge is 0.493 e. The second-order valence-electron chi connectivity index (χ2n) is 5.11. The molecule has 1 amide bonds. The first kappa shape index (κ1) is 16.6. The van der Waals surface area contributed by atoms with E-state index in [0.29, 0.717) is 44.9 Å². The highest BCUT2D eigenvalue weighted by atomic mass is 35.5. The van der Waals surface area contributed by atoms with Crippen LogP contribution in [0.4, 0.5) is 5.69 Å². The van der Waals surface area contributed by atoms with Gasteiger partial charge in [-0.1, -0.05) is 30.1 Å². The highest BCUT2D eigenvalue weighted by Crippen LogP contribution is 2.27. The van der Waals surface area contributed by atoms with E-state index in [4.69, 9.17) is 27.9 Å². The van der Waals surface area contributed by atoms with Gasteiger partial charge < -0.3 is 10.1 Å². The predicted molar refractivity (Wildman–Crippen MR) is 95.5 cm³/mol. The number of nitrogens with one attached hydrogen (secondary N) is 1. The summed E-state index contributed by atoms with van der Waals surface area (Å²) in [6, 6.07) is 8.52. The van der Waals surface area contributed by atoms with Gasteiger partial charge in [-0.25, -0.2) is 4.98 Å². The third kappa shape index (κ3) is 2.92. The first-order valence-corrected chi connectivity index (χ1v) is 8.11. The van der Waals surface area contributed by atoms with Gasteiger partial charge in [0.25, 0.3) is 5.91 Å². The Balaban J connectivity index is 2.06. The van der Waals surface area contributed by atoms with E-state index in [1.165, 1.54) is 0 Å². The lowest BCUT2D eigenvalue weighted by atomic mass is 10.2. The quantitative estimate of drug-likeness (QED) is 0.744. The molecule has 0 saturated carbocycles. The molecule has 0 fully saturated rings. The minimum atomic E-state index is -0.295. The SMILES string of the molecule is CCc1nc2c(OC)cccn2c1C(=O)Nc1ccc(Cl)cc1Cl. The van der Waals surface area contributed by atoms with E-state index in [2.05, 4.69) is 10.3 Å². The Bertz CT molecular complexity index is 922. The van der Waals surface area contributed by atoms with Crippen LogP contribution in [-0.4, -0.2) is 22.4 Å². The molecule has 0 atom stereocenters. The van der Waals surface area contributed by atoms with Crippen molar-refractivity contribution >= 4 is 40.4 Å². The highest BCUT2D eigenvalue weighted by molar-refractivity contribution is 6.36. The van der Waals surface area contributed by atoms with Gasteiger partial charge in [0, 0.05) is 11.2 Å². The van der Waals surface area contributed by atoms with Crippen LogP contribution in [0.5, 0.6) is 5.75 Å². The molecular formula is C17H15Cl2N3O2. The number of methoxy groups -OCH3 is 1. The Morgan fingerprint density at radius 1 is 1.33 bits per heavy atom. The predicted octanol–water partition coefficient (Wildman–Crippen LogP) is 4.46. The molecule has 2 aromatic heterocycles. The summed E-state index contributed by atoms with van der Waals surface area (Å²) in [5.74, 6) is 0.313. The summed E-state index contributed by atoms with van der Waals surface area (Å²) < 4.78 is 7.04. The van der Waals surface area contributed by atoms with E-state index < -0.39 is 0 Å². The number of rotatable bonds is 4. The number of halogens is 2. The molecule has 3 rings (SSSR count). The third-order valence-electron chi connectivity index (χ3n) is 3.64. The van der Waals surface area contributed by atoms with Gasteiger partial charge >= 0.3 is 0 Å². The molecule has 0 aliphatic rings. The Labute approximate surface area is 149 Å². The number of fused-ring (bicyclic) bond motifs is 1. The van der Waals surface area contributed by atoms with Crippen LogP contribution in [0.3, 0.4) is 0 Å². The zero-order valence-electron chi connectivity index (χ0n) is 13.1. The Hall–Kier alpha value is -2.24. The summed E-state index contributed by atoms with van der Waals surface area (Å²) in [5.41, 5.74) is 2.23. The number of anilines is 1. The number of carbonyl (C=O) groups excluding carboxylic acids is 1. The van der Waals surface area contributed by atoms with Crippen LogP contribution in [0.15, 0.2) is 36.5 Å². The molecule has 7 heteroatoms. The van der Waals surface area contributed by atoms with Gasteiger partial charge in [0.05, 0.1) is 23.5 Å². The Kier molecular flexibility index (Phi) is 4.64. The minimum absolute atomic E-state index is 0.295. The molecule has 5 nitrogen and oxygen atoms in total. The van der Waals surface area contributed by atoms with Gasteiger partial charge in [0.15, 0.2) is 11.4 Å². The monoisotopic (exact) mass is 363 g/mol. The summed E-state index contributed by atoms with van der Waals surface area (Å²) in [4.78, 5) is 17.3. The molecule has 1 aromatic carbocycles. The molecule has 124 valence electrons. The zero-order chi connectivity index (χ0) is 17.3. The second kappa shape index (κ2) is 6.71. The molecule has 2 heterocycles. The van der Waals surface area contributed by atoms with E-state index >= 15 is 0 Å². The second-order valence-corrected chi connectivity index (χ2v) is 5.95. The lowest BCUT2D eigenvalue weighted by molar-refractivity contribution is 0.102. The molecule has 0 aliphatic heterocycles. The van der Waals surface area contributed by atoms with Crippen molar-refractivity contribution < 1.29 is 9.53 Å². The van der Waals surface area contributed by atoms with Crippen molar-refractivity contribution in [2.24, 2.45) is 0 Å². The molecule has 0 radical (unpaired) electrons. The van der Waals surface area contributed by atoms with Crippen molar-refractivity contribution in [3.05, 3.63) is 58.0 Å². The van der Waals surface area contributed by atoms with Gasteiger partial charge in [-0.05, 0) is 36.8 Å². The number of aromatic nitrogens is 2. The van der Waals surface area contributed by atoms with Crippen LogP contribution in [0.2, 0.25) is 10.0 Å². The standard InChI is InChI=1S/C17H15Cl2N3O2/c1-3-12-15(22-8-4-5-14(24-2)16(22)20-12)17(23)21-13-7-6-10(18)9-11(13)19/h4-9H,3H2,1-2H3,(H,21,23). The van der Waals surface area contributed by atoms with Gasteiger partial charge in [0.1, 0.15) is 5.69 Å². The maximum Gasteiger partial charge on any atom is 0.274 e. The van der Waals surface area contributed by atoms with Crippen molar-refractivity contribution in [1.82, 2.24) is 9.38 Å². The minimum Gasteiger partial charge on any atom is -0.493 e. The maximum atomic E-state index is 12.8. The number of hydrogen-bond acceptors (Lipinski definition) is 3. The van der Waals surface area contributed by atoms with E-state index in [0.717, 1.165) is 0 Å². The van der Waals surface area contributed by atoms with Crippen molar-refractivity contribution in [2.75, 3.05) is 12.4 Å². The van der Waals surface area contributed by atoms with Gasteiger partial charge in [-0.15, -0.1) is 0 Å².